The van der Waals surface area contributed by atoms with E-state index < -0.39 is 18.3 Å². The van der Waals surface area contributed by atoms with E-state index in [4.69, 9.17) is 24.1 Å². The fraction of sp³-hybridized carbons (Fsp3) is 0.267. The summed E-state index contributed by atoms with van der Waals surface area (Å²) in [5.41, 5.74) is 4.06. The van der Waals surface area contributed by atoms with E-state index in [0.717, 1.165) is 59.4 Å². The molecule has 0 aliphatic carbocycles. The van der Waals surface area contributed by atoms with Gasteiger partial charge in [0, 0.05) is 39.3 Å². The number of carboxylic acid groups (broad SMARTS) is 1. The summed E-state index contributed by atoms with van der Waals surface area (Å²) in [6.45, 7) is 0.308. The number of carbonyl (C=O) groups is 1. The quantitative estimate of drug-likeness (QED) is 0.212. The van der Waals surface area contributed by atoms with Crippen molar-refractivity contribution in [2.24, 2.45) is 0 Å². The minimum absolute atomic E-state index is 0.0804. The van der Waals surface area contributed by atoms with E-state index in [-0.39, 0.29) is 27.9 Å². The summed E-state index contributed by atoms with van der Waals surface area (Å²) in [4.78, 5) is 28.6. The van der Waals surface area contributed by atoms with Gasteiger partial charge in [-0.3, -0.25) is 9.88 Å². The van der Waals surface area contributed by atoms with Crippen LogP contribution in [0.5, 0.6) is 5.88 Å². The molecule has 3 aromatic heterocycles. The Morgan fingerprint density at radius 2 is 2.00 bits per heavy atom. The van der Waals surface area contributed by atoms with Crippen molar-refractivity contribution in [2.45, 2.75) is 38.4 Å². The Morgan fingerprint density at radius 1 is 1.15 bits per heavy atom. The smallest absolute Gasteiger partial charge is 0.335 e. The molecule has 1 N–H and O–H groups in total. The fourth-order valence-electron chi connectivity index (χ4n) is 5.06. The number of carboxylic acids is 1. The number of nitrogens with zero attached hydrogens (tertiary/aromatic N) is 5. The van der Waals surface area contributed by atoms with Gasteiger partial charge in [-0.05, 0) is 62.3 Å². The average molecular weight is 594 g/mol. The van der Waals surface area contributed by atoms with E-state index in [1.54, 1.807) is 47.2 Å². The molecule has 0 spiro atoms. The predicted octanol–water partition coefficient (Wildman–Crippen LogP) is 6.39. The fourth-order valence-corrected chi connectivity index (χ4v) is 5.80. The summed E-state index contributed by atoms with van der Waals surface area (Å²) < 4.78 is 38.6. The van der Waals surface area contributed by atoms with Crippen molar-refractivity contribution in [3.05, 3.63) is 105 Å². The zero-order chi connectivity index (χ0) is 30.1. The summed E-state index contributed by atoms with van der Waals surface area (Å²) >= 11 is 7.36. The molecule has 0 amide bonds. The maximum absolute atomic E-state index is 14.4. The van der Waals surface area contributed by atoms with E-state index in [1.807, 2.05) is 12.3 Å². The third-order valence-corrected chi connectivity index (χ3v) is 8.18. The molecular formula is C30H27ClFN5O3S. The first-order valence-corrected chi connectivity index (χ1v) is 14.4. The third kappa shape index (κ3) is 6.24. The van der Waals surface area contributed by atoms with Gasteiger partial charge in [-0.1, -0.05) is 23.7 Å². The molecule has 0 saturated carbocycles. The number of rotatable bonds is 9. The van der Waals surface area contributed by atoms with Gasteiger partial charge in [0.25, 0.3) is 0 Å². The molecule has 1 saturated heterocycles. The zero-order valence-electron chi connectivity index (χ0n) is 23.8. The van der Waals surface area contributed by atoms with Crippen molar-refractivity contribution in [3.8, 4) is 5.88 Å². The Morgan fingerprint density at radius 3 is 2.76 bits per heavy atom. The molecule has 1 fully saturated rings. The predicted molar refractivity (Wildman–Crippen MR) is 155 cm³/mol. The van der Waals surface area contributed by atoms with Crippen molar-refractivity contribution in [2.75, 3.05) is 13.1 Å². The SMILES string of the molecule is [2H]C([2H])(Oc1cccc(C2CCN(Cc3nc4ccc(C(=O)O)cc4n3Cc3cncs3)CC2)n1)c1ccc(Cl)cc1F. The Kier molecular flexibility index (Phi) is 7.25. The number of thiazole rings is 1. The number of likely N-dealkylation sites (tertiary alicyclic amines) is 1. The molecule has 4 heterocycles. The van der Waals surface area contributed by atoms with Gasteiger partial charge in [0.2, 0.25) is 5.88 Å². The van der Waals surface area contributed by atoms with Gasteiger partial charge in [0.1, 0.15) is 18.2 Å². The normalized spacial score (nSPS) is 15.6. The van der Waals surface area contributed by atoms with Crippen LogP contribution in [0.2, 0.25) is 5.02 Å². The van der Waals surface area contributed by atoms with Crippen molar-refractivity contribution < 1.29 is 21.8 Å². The van der Waals surface area contributed by atoms with Crippen LogP contribution in [0.1, 0.15) is 53.8 Å². The Labute approximate surface area is 247 Å². The second kappa shape index (κ2) is 11.9. The Bertz CT molecular complexity index is 1780. The molecule has 1 aliphatic heterocycles. The van der Waals surface area contributed by atoms with Gasteiger partial charge in [-0.15, -0.1) is 11.3 Å². The molecule has 0 unspecified atom stereocenters. The highest BCUT2D eigenvalue weighted by molar-refractivity contribution is 7.09. The highest BCUT2D eigenvalue weighted by Gasteiger charge is 2.24. The van der Waals surface area contributed by atoms with Crippen molar-refractivity contribution in [3.63, 3.8) is 0 Å². The number of aromatic nitrogens is 4. The zero-order valence-corrected chi connectivity index (χ0v) is 23.4. The molecule has 1 aliphatic rings. The first-order chi connectivity index (χ1) is 20.7. The number of hydrogen-bond acceptors (Lipinski definition) is 7. The van der Waals surface area contributed by atoms with Crippen LogP contribution in [0.4, 0.5) is 4.39 Å². The first kappa shape index (κ1) is 24.9. The van der Waals surface area contributed by atoms with Crippen LogP contribution in [0.3, 0.4) is 0 Å². The number of aromatic carboxylic acids is 1. The number of piperidine rings is 1. The van der Waals surface area contributed by atoms with Gasteiger partial charge in [0.15, 0.2) is 0 Å². The minimum Gasteiger partial charge on any atom is -0.478 e. The van der Waals surface area contributed by atoms with E-state index >= 15 is 0 Å². The molecule has 0 radical (unpaired) electrons. The van der Waals surface area contributed by atoms with Crippen molar-refractivity contribution in [1.82, 2.24) is 24.4 Å². The molecule has 6 rings (SSSR count). The lowest BCUT2D eigenvalue weighted by molar-refractivity contribution is 0.0697. The van der Waals surface area contributed by atoms with Crippen LogP contribution < -0.4 is 4.74 Å². The van der Waals surface area contributed by atoms with Gasteiger partial charge < -0.3 is 14.4 Å². The topological polar surface area (TPSA) is 93.4 Å². The van der Waals surface area contributed by atoms with Crippen LogP contribution >= 0.6 is 22.9 Å². The number of halogens is 2. The summed E-state index contributed by atoms with van der Waals surface area (Å²) in [5.74, 6) is -0.685. The maximum atomic E-state index is 14.4. The minimum atomic E-state index is -2.43. The Balaban J connectivity index is 1.15. The molecule has 8 nitrogen and oxygen atoms in total. The van der Waals surface area contributed by atoms with Gasteiger partial charge in [0.05, 0.1) is 37.9 Å². The molecular weight excluding hydrogens is 565 g/mol. The van der Waals surface area contributed by atoms with E-state index in [9.17, 15) is 14.3 Å². The summed E-state index contributed by atoms with van der Waals surface area (Å²) in [5, 5.41) is 9.70. The van der Waals surface area contributed by atoms with Gasteiger partial charge in [-0.2, -0.15) is 0 Å². The number of pyridine rings is 1. The second-order valence-electron chi connectivity index (χ2n) is 9.87. The summed E-state index contributed by atoms with van der Waals surface area (Å²) in [7, 11) is 0. The summed E-state index contributed by atoms with van der Waals surface area (Å²) in [6, 6.07) is 14.0. The molecule has 0 bridgehead atoms. The van der Waals surface area contributed by atoms with Gasteiger partial charge in [-0.25, -0.2) is 19.2 Å². The molecule has 5 aromatic rings. The molecule has 210 valence electrons. The van der Waals surface area contributed by atoms with Crippen molar-refractivity contribution in [1.29, 1.82) is 0 Å². The molecule has 11 heteroatoms. The Hall–Kier alpha value is -3.86. The maximum Gasteiger partial charge on any atom is 0.335 e. The standard InChI is InChI=1S/C30H27ClFN5O3S/c31-22-6-4-21(24(32)13-22)17-40-29-3-1-2-25(35-29)19-8-10-36(11-9-19)16-28-34-26-7-5-20(30(38)39)12-27(26)37(28)15-23-14-33-18-41-23/h1-7,12-14,18-19H,8-11,15-17H2,(H,38,39)/i17D2. The second-order valence-corrected chi connectivity index (χ2v) is 11.3. The van der Waals surface area contributed by atoms with Crippen LogP contribution in [0, 0.1) is 5.82 Å². The van der Waals surface area contributed by atoms with Crippen LogP contribution in [-0.4, -0.2) is 48.6 Å². The summed E-state index contributed by atoms with van der Waals surface area (Å²) in [6.07, 6.45) is 3.47. The number of benzene rings is 2. The van der Waals surface area contributed by atoms with E-state index in [2.05, 4.69) is 19.4 Å². The van der Waals surface area contributed by atoms with Crippen LogP contribution in [-0.2, 0) is 19.6 Å². The lowest BCUT2D eigenvalue weighted by Crippen LogP contribution is -2.33. The number of ether oxygens (including phenoxy) is 1. The van der Waals surface area contributed by atoms with Crippen LogP contribution in [0.25, 0.3) is 11.0 Å². The lowest BCUT2D eigenvalue weighted by Gasteiger charge is -2.31. The monoisotopic (exact) mass is 593 g/mol. The number of imidazole rings is 1. The highest BCUT2D eigenvalue weighted by atomic mass is 35.5. The first-order valence-electron chi connectivity index (χ1n) is 14.1. The highest BCUT2D eigenvalue weighted by Crippen LogP contribution is 2.30. The lowest BCUT2D eigenvalue weighted by atomic mass is 9.93. The molecule has 0 atom stereocenters. The third-order valence-electron chi connectivity index (χ3n) is 7.18. The number of fused-ring (bicyclic) bond motifs is 1. The average Bonchev–Trinajstić information content (AvgIpc) is 3.61. The van der Waals surface area contributed by atoms with E-state index in [0.29, 0.717) is 13.1 Å². The molecule has 41 heavy (non-hydrogen) atoms. The van der Waals surface area contributed by atoms with Gasteiger partial charge >= 0.3 is 5.97 Å². The molecule has 2 aromatic carbocycles. The van der Waals surface area contributed by atoms with E-state index in [1.165, 1.54) is 12.1 Å². The van der Waals surface area contributed by atoms with Crippen LogP contribution in [0.15, 0.2) is 66.3 Å². The largest absolute Gasteiger partial charge is 0.478 e. The number of hydrogen-bond donors (Lipinski definition) is 1. The van der Waals surface area contributed by atoms with Crippen molar-refractivity contribution >= 4 is 39.9 Å².